The third kappa shape index (κ3) is 3.72. The van der Waals surface area contributed by atoms with Crippen molar-refractivity contribution in [2.24, 2.45) is 0 Å². The van der Waals surface area contributed by atoms with Gasteiger partial charge in [-0.15, -0.1) is 0 Å². The minimum Gasteiger partial charge on any atom is -0.466 e. The number of esters is 1. The average molecular weight is 172 g/mol. The van der Waals surface area contributed by atoms with Gasteiger partial charge in [-0.1, -0.05) is 0 Å². The van der Waals surface area contributed by atoms with Gasteiger partial charge in [0.1, 0.15) is 0 Å². The van der Waals surface area contributed by atoms with Crippen LogP contribution in [0.5, 0.6) is 0 Å². The van der Waals surface area contributed by atoms with Crippen molar-refractivity contribution in [1.82, 2.24) is 0 Å². The Hall–Kier alpha value is -0.570. The molecule has 0 aromatic heterocycles. The summed E-state index contributed by atoms with van der Waals surface area (Å²) in [5, 5.41) is 0. The highest BCUT2D eigenvalue weighted by Crippen LogP contribution is 2.16. The molecular formula is C9H16O3. The molecule has 0 saturated carbocycles. The quantitative estimate of drug-likeness (QED) is 0.476. The van der Waals surface area contributed by atoms with E-state index >= 15 is 0 Å². The number of hydrogen-bond donors (Lipinski definition) is 0. The van der Waals surface area contributed by atoms with Gasteiger partial charge in [0.15, 0.2) is 0 Å². The summed E-state index contributed by atoms with van der Waals surface area (Å²) in [5.74, 6) is -0.192. The van der Waals surface area contributed by atoms with E-state index in [-0.39, 0.29) is 5.97 Å². The second-order valence-electron chi connectivity index (χ2n) is 3.12. The third-order valence-corrected chi connectivity index (χ3v) is 2.00. The Morgan fingerprint density at radius 1 is 1.67 bits per heavy atom. The summed E-state index contributed by atoms with van der Waals surface area (Å²) in [7, 11) is 0. The number of ether oxygens (including phenoxy) is 2. The van der Waals surface area contributed by atoms with E-state index in [2.05, 4.69) is 0 Å². The smallest absolute Gasteiger partial charge is 0.302 e. The van der Waals surface area contributed by atoms with Crippen LogP contribution in [0.15, 0.2) is 0 Å². The van der Waals surface area contributed by atoms with Gasteiger partial charge < -0.3 is 9.47 Å². The summed E-state index contributed by atoms with van der Waals surface area (Å²) < 4.78 is 10.2. The molecule has 1 aliphatic rings. The van der Waals surface area contributed by atoms with E-state index in [1.54, 1.807) is 0 Å². The molecule has 0 N–H and O–H groups in total. The summed E-state index contributed by atoms with van der Waals surface area (Å²) in [6.07, 6.45) is 4.70. The Labute approximate surface area is 73.0 Å². The first kappa shape index (κ1) is 9.52. The van der Waals surface area contributed by atoms with Gasteiger partial charge in [-0.3, -0.25) is 4.79 Å². The van der Waals surface area contributed by atoms with E-state index in [9.17, 15) is 4.79 Å². The molecule has 3 heteroatoms. The summed E-state index contributed by atoms with van der Waals surface area (Å²) in [5.41, 5.74) is 0. The zero-order valence-corrected chi connectivity index (χ0v) is 7.54. The molecule has 0 amide bonds. The van der Waals surface area contributed by atoms with Crippen molar-refractivity contribution in [3.8, 4) is 0 Å². The lowest BCUT2D eigenvalue weighted by Crippen LogP contribution is -2.07. The first-order valence-electron chi connectivity index (χ1n) is 4.54. The van der Waals surface area contributed by atoms with E-state index in [4.69, 9.17) is 9.47 Å². The second kappa shape index (κ2) is 5.14. The highest BCUT2D eigenvalue weighted by atomic mass is 16.5. The minimum absolute atomic E-state index is 0.192. The molecule has 12 heavy (non-hydrogen) atoms. The van der Waals surface area contributed by atoms with Crippen LogP contribution >= 0.6 is 0 Å². The standard InChI is InChI=1S/C9H16O3/c1-8(10)11-6-2-4-9-5-3-7-12-9/h9H,2-7H2,1H3. The molecule has 0 aliphatic carbocycles. The van der Waals surface area contributed by atoms with E-state index in [1.807, 2.05) is 0 Å². The molecule has 3 nitrogen and oxygen atoms in total. The molecule has 0 bridgehead atoms. The molecule has 0 aromatic rings. The molecule has 70 valence electrons. The Bertz CT molecular complexity index is 139. The fourth-order valence-corrected chi connectivity index (χ4v) is 1.40. The van der Waals surface area contributed by atoms with E-state index in [0.717, 1.165) is 19.4 Å². The van der Waals surface area contributed by atoms with Gasteiger partial charge in [0.25, 0.3) is 0 Å². The molecule has 1 fully saturated rings. The van der Waals surface area contributed by atoms with Gasteiger partial charge in [-0.2, -0.15) is 0 Å². The maximum absolute atomic E-state index is 10.4. The van der Waals surface area contributed by atoms with Gasteiger partial charge in [-0.25, -0.2) is 0 Å². The molecule has 1 rings (SSSR count). The topological polar surface area (TPSA) is 35.5 Å². The van der Waals surface area contributed by atoms with Crippen molar-refractivity contribution < 1.29 is 14.3 Å². The van der Waals surface area contributed by atoms with Gasteiger partial charge in [-0.05, 0) is 25.7 Å². The largest absolute Gasteiger partial charge is 0.466 e. The van der Waals surface area contributed by atoms with E-state index < -0.39 is 0 Å². The molecule has 1 heterocycles. The lowest BCUT2D eigenvalue weighted by molar-refractivity contribution is -0.141. The van der Waals surface area contributed by atoms with Crippen LogP contribution < -0.4 is 0 Å². The monoisotopic (exact) mass is 172 g/mol. The van der Waals surface area contributed by atoms with Crippen LogP contribution in [0.1, 0.15) is 32.6 Å². The van der Waals surface area contributed by atoms with Crippen molar-refractivity contribution in [1.29, 1.82) is 0 Å². The molecule has 0 aromatic carbocycles. The third-order valence-electron chi connectivity index (χ3n) is 2.00. The van der Waals surface area contributed by atoms with Gasteiger partial charge in [0, 0.05) is 13.5 Å². The first-order valence-corrected chi connectivity index (χ1v) is 4.54. The Kier molecular flexibility index (Phi) is 4.08. The van der Waals surface area contributed by atoms with Gasteiger partial charge >= 0.3 is 5.97 Å². The highest BCUT2D eigenvalue weighted by molar-refractivity contribution is 5.65. The maximum Gasteiger partial charge on any atom is 0.302 e. The zero-order valence-electron chi connectivity index (χ0n) is 7.54. The Morgan fingerprint density at radius 3 is 3.08 bits per heavy atom. The van der Waals surface area contributed by atoms with Crippen molar-refractivity contribution >= 4 is 5.97 Å². The average Bonchev–Trinajstić information content (AvgIpc) is 2.49. The van der Waals surface area contributed by atoms with Crippen molar-refractivity contribution in [2.75, 3.05) is 13.2 Å². The number of hydrogen-bond acceptors (Lipinski definition) is 3. The number of rotatable bonds is 4. The van der Waals surface area contributed by atoms with Gasteiger partial charge in [0.2, 0.25) is 0 Å². The van der Waals surface area contributed by atoms with Crippen LogP contribution in [0.4, 0.5) is 0 Å². The highest BCUT2D eigenvalue weighted by Gasteiger charge is 2.14. The van der Waals surface area contributed by atoms with Crippen LogP contribution in [0.2, 0.25) is 0 Å². The maximum atomic E-state index is 10.4. The summed E-state index contributed by atoms with van der Waals surface area (Å²) >= 11 is 0. The van der Waals surface area contributed by atoms with Gasteiger partial charge in [0.05, 0.1) is 12.7 Å². The van der Waals surface area contributed by atoms with Crippen molar-refractivity contribution in [2.45, 2.75) is 38.7 Å². The predicted octanol–water partition coefficient (Wildman–Crippen LogP) is 1.51. The lowest BCUT2D eigenvalue weighted by Gasteiger charge is -2.08. The van der Waals surface area contributed by atoms with Crippen molar-refractivity contribution in [3.63, 3.8) is 0 Å². The molecular weight excluding hydrogens is 156 g/mol. The minimum atomic E-state index is -0.192. The first-order chi connectivity index (χ1) is 5.79. The summed E-state index contributed by atoms with van der Waals surface area (Å²) in [6, 6.07) is 0. The SMILES string of the molecule is CC(=O)OCCCC1CCCO1. The van der Waals surface area contributed by atoms with Crippen LogP contribution in [0.3, 0.4) is 0 Å². The fraction of sp³-hybridized carbons (Fsp3) is 0.889. The van der Waals surface area contributed by atoms with Crippen molar-refractivity contribution in [3.05, 3.63) is 0 Å². The number of carbonyl (C=O) groups is 1. The number of carbonyl (C=O) groups excluding carboxylic acids is 1. The van der Waals surface area contributed by atoms with Crippen LogP contribution in [0.25, 0.3) is 0 Å². The fourth-order valence-electron chi connectivity index (χ4n) is 1.40. The predicted molar refractivity (Wildman–Crippen MR) is 44.8 cm³/mol. The van der Waals surface area contributed by atoms with E-state index in [1.165, 1.54) is 19.8 Å². The van der Waals surface area contributed by atoms with Crippen LogP contribution in [0, 0.1) is 0 Å². The summed E-state index contributed by atoms with van der Waals surface area (Å²) in [6.45, 7) is 2.87. The lowest BCUT2D eigenvalue weighted by atomic mass is 10.1. The molecule has 1 unspecified atom stereocenters. The van der Waals surface area contributed by atoms with Crippen LogP contribution in [-0.2, 0) is 14.3 Å². The molecule has 0 radical (unpaired) electrons. The zero-order chi connectivity index (χ0) is 8.81. The van der Waals surface area contributed by atoms with E-state index in [0.29, 0.717) is 12.7 Å². The Balaban J connectivity index is 1.91. The molecule has 1 aliphatic heterocycles. The molecule has 0 spiro atoms. The molecule has 1 saturated heterocycles. The van der Waals surface area contributed by atoms with Crippen LogP contribution in [-0.4, -0.2) is 25.3 Å². The summed E-state index contributed by atoms with van der Waals surface area (Å²) in [4.78, 5) is 10.4. The Morgan fingerprint density at radius 2 is 2.50 bits per heavy atom. The molecule has 1 atom stereocenters. The normalized spacial score (nSPS) is 22.6. The second-order valence-corrected chi connectivity index (χ2v) is 3.12.